The van der Waals surface area contributed by atoms with Crippen LogP contribution in [0.3, 0.4) is 0 Å². The fraction of sp³-hybridized carbons (Fsp3) is 0.529. The highest BCUT2D eigenvalue weighted by atomic mass is 16.6. The van der Waals surface area contributed by atoms with Gasteiger partial charge >= 0.3 is 12.1 Å². The molecule has 5 heteroatoms. The number of ether oxygens (including phenoxy) is 1. The molecule has 1 heterocycles. The average Bonchev–Trinajstić information content (AvgIpc) is 2.45. The summed E-state index contributed by atoms with van der Waals surface area (Å²) in [4.78, 5) is 25.1. The van der Waals surface area contributed by atoms with Crippen molar-refractivity contribution >= 4 is 12.1 Å². The van der Waals surface area contributed by atoms with Gasteiger partial charge in [0.1, 0.15) is 11.6 Å². The van der Waals surface area contributed by atoms with E-state index >= 15 is 0 Å². The number of hydrogen-bond donors (Lipinski definition) is 1. The van der Waals surface area contributed by atoms with E-state index in [2.05, 4.69) is 0 Å². The molecule has 0 unspecified atom stereocenters. The number of carbonyl (C=O) groups excluding carboxylic acids is 1. The molecule has 1 fully saturated rings. The molecule has 0 aromatic heterocycles. The number of benzene rings is 1. The summed E-state index contributed by atoms with van der Waals surface area (Å²) in [6, 6.07) is 9.07. The van der Waals surface area contributed by atoms with E-state index in [4.69, 9.17) is 4.74 Å². The van der Waals surface area contributed by atoms with Crippen LogP contribution in [0, 0.1) is 0 Å². The smallest absolute Gasteiger partial charge is 0.411 e. The molecule has 0 radical (unpaired) electrons. The van der Waals surface area contributed by atoms with Gasteiger partial charge in [-0.3, -0.25) is 4.90 Å². The summed E-state index contributed by atoms with van der Waals surface area (Å²) < 4.78 is 5.37. The van der Waals surface area contributed by atoms with E-state index in [9.17, 15) is 14.7 Å². The van der Waals surface area contributed by atoms with Gasteiger partial charge in [-0.05, 0) is 39.2 Å². The summed E-state index contributed by atoms with van der Waals surface area (Å²) >= 11 is 0. The van der Waals surface area contributed by atoms with Crippen LogP contribution in [0.15, 0.2) is 30.3 Å². The molecule has 22 heavy (non-hydrogen) atoms. The van der Waals surface area contributed by atoms with Gasteiger partial charge in [0, 0.05) is 12.5 Å². The van der Waals surface area contributed by atoms with Gasteiger partial charge in [0.05, 0.1) is 0 Å². The van der Waals surface area contributed by atoms with E-state index in [-0.39, 0.29) is 5.92 Å². The third-order valence-electron chi connectivity index (χ3n) is 3.77. The maximum atomic E-state index is 12.3. The van der Waals surface area contributed by atoms with E-state index in [1.165, 1.54) is 4.90 Å². The maximum absolute atomic E-state index is 12.3. The van der Waals surface area contributed by atoms with Crippen molar-refractivity contribution in [1.29, 1.82) is 0 Å². The predicted octanol–water partition coefficient (Wildman–Crippen LogP) is 3.25. The second-order valence-electron chi connectivity index (χ2n) is 6.67. The van der Waals surface area contributed by atoms with E-state index in [0.29, 0.717) is 13.0 Å². The number of likely N-dealkylation sites (tertiary alicyclic amines) is 1. The molecule has 1 N–H and O–H groups in total. The molecule has 0 spiro atoms. The summed E-state index contributed by atoms with van der Waals surface area (Å²) in [5.74, 6) is -0.832. The minimum Gasteiger partial charge on any atom is -0.480 e. The van der Waals surface area contributed by atoms with E-state index < -0.39 is 23.7 Å². The Balaban J connectivity index is 2.17. The minimum absolute atomic E-state index is 0.143. The van der Waals surface area contributed by atoms with Gasteiger partial charge in [-0.15, -0.1) is 0 Å². The molecule has 0 bridgehead atoms. The van der Waals surface area contributed by atoms with E-state index in [0.717, 1.165) is 12.0 Å². The molecule has 2 atom stereocenters. The van der Waals surface area contributed by atoms with Gasteiger partial charge in [-0.1, -0.05) is 30.3 Å². The second kappa shape index (κ2) is 6.38. The second-order valence-corrected chi connectivity index (χ2v) is 6.67. The van der Waals surface area contributed by atoms with Crippen LogP contribution in [0.5, 0.6) is 0 Å². The summed E-state index contributed by atoms with van der Waals surface area (Å²) in [5.41, 5.74) is 0.486. The molecule has 1 aliphatic heterocycles. The van der Waals surface area contributed by atoms with Crippen LogP contribution >= 0.6 is 0 Å². The minimum atomic E-state index is -0.975. The van der Waals surface area contributed by atoms with Crippen LogP contribution in [-0.4, -0.2) is 40.3 Å². The first kappa shape index (κ1) is 16.3. The highest BCUT2D eigenvalue weighted by Crippen LogP contribution is 2.31. The van der Waals surface area contributed by atoms with Crippen LogP contribution in [0.2, 0.25) is 0 Å². The zero-order valence-corrected chi connectivity index (χ0v) is 13.3. The summed E-state index contributed by atoms with van der Waals surface area (Å²) in [6.45, 7) is 5.70. The number of carbonyl (C=O) groups is 2. The molecule has 1 aromatic rings. The Morgan fingerprint density at radius 1 is 1.18 bits per heavy atom. The standard InChI is InChI=1S/C17H23NO4/c1-17(2,3)22-16(21)18-11-13(9-10-14(18)15(19)20)12-7-5-4-6-8-12/h4-8,13-14H,9-11H2,1-3H3,(H,19,20)/t13-,14+/m1/s1. The topological polar surface area (TPSA) is 66.8 Å². The molecule has 120 valence electrons. The summed E-state index contributed by atoms with van der Waals surface area (Å²) in [5, 5.41) is 9.36. The predicted molar refractivity (Wildman–Crippen MR) is 82.8 cm³/mol. The molecule has 0 aliphatic carbocycles. The average molecular weight is 305 g/mol. The Kier molecular flexibility index (Phi) is 4.74. The first-order valence-corrected chi connectivity index (χ1v) is 7.55. The van der Waals surface area contributed by atoms with Gasteiger partial charge in [-0.2, -0.15) is 0 Å². The quantitative estimate of drug-likeness (QED) is 0.910. The number of carboxylic acids is 1. The lowest BCUT2D eigenvalue weighted by Crippen LogP contribution is -2.51. The third kappa shape index (κ3) is 4.00. The molecular formula is C17H23NO4. The van der Waals surface area contributed by atoms with E-state index in [1.54, 1.807) is 20.8 Å². The Morgan fingerprint density at radius 3 is 2.36 bits per heavy atom. The zero-order valence-electron chi connectivity index (χ0n) is 13.3. The first-order chi connectivity index (χ1) is 10.3. The van der Waals surface area contributed by atoms with E-state index in [1.807, 2.05) is 30.3 Å². The third-order valence-corrected chi connectivity index (χ3v) is 3.77. The van der Waals surface area contributed by atoms with Crippen LogP contribution in [0.4, 0.5) is 4.79 Å². The van der Waals surface area contributed by atoms with Crippen molar-refractivity contribution in [1.82, 2.24) is 4.90 Å². The van der Waals surface area contributed by atoms with Gasteiger partial charge in [-0.25, -0.2) is 9.59 Å². The van der Waals surface area contributed by atoms with Crippen molar-refractivity contribution in [3.63, 3.8) is 0 Å². The Hall–Kier alpha value is -2.04. The number of nitrogens with zero attached hydrogens (tertiary/aromatic N) is 1. The van der Waals surface area contributed by atoms with Crippen molar-refractivity contribution in [3.8, 4) is 0 Å². The molecule has 0 saturated carbocycles. The number of hydrogen-bond acceptors (Lipinski definition) is 3. The molecular weight excluding hydrogens is 282 g/mol. The van der Waals surface area contributed by atoms with Crippen molar-refractivity contribution < 1.29 is 19.4 Å². The Bertz CT molecular complexity index is 535. The fourth-order valence-corrected chi connectivity index (χ4v) is 2.75. The molecule has 1 amide bonds. The summed E-state index contributed by atoms with van der Waals surface area (Å²) in [7, 11) is 0. The Labute approximate surface area is 130 Å². The molecule has 1 aromatic carbocycles. The van der Waals surface area contributed by atoms with Gasteiger partial charge < -0.3 is 9.84 Å². The number of carboxylic acid groups (broad SMARTS) is 1. The molecule has 1 aliphatic rings. The number of aliphatic carboxylic acids is 1. The number of piperidine rings is 1. The van der Waals surface area contributed by atoms with Crippen LogP contribution < -0.4 is 0 Å². The molecule has 5 nitrogen and oxygen atoms in total. The number of amides is 1. The Morgan fingerprint density at radius 2 is 1.82 bits per heavy atom. The van der Waals surface area contributed by atoms with Crippen molar-refractivity contribution in [3.05, 3.63) is 35.9 Å². The lowest BCUT2D eigenvalue weighted by atomic mass is 9.87. The van der Waals surface area contributed by atoms with Crippen molar-refractivity contribution in [2.45, 2.75) is 51.2 Å². The van der Waals surface area contributed by atoms with Crippen LogP contribution in [0.25, 0.3) is 0 Å². The fourth-order valence-electron chi connectivity index (χ4n) is 2.75. The molecule has 1 saturated heterocycles. The van der Waals surface area contributed by atoms with Crippen LogP contribution in [-0.2, 0) is 9.53 Å². The van der Waals surface area contributed by atoms with Gasteiger partial charge in [0.2, 0.25) is 0 Å². The lowest BCUT2D eigenvalue weighted by Gasteiger charge is -2.38. The normalized spacial score (nSPS) is 22.2. The number of rotatable bonds is 2. The molecule has 2 rings (SSSR count). The van der Waals surface area contributed by atoms with Crippen LogP contribution in [0.1, 0.15) is 45.1 Å². The first-order valence-electron chi connectivity index (χ1n) is 7.55. The largest absolute Gasteiger partial charge is 0.480 e. The highest BCUT2D eigenvalue weighted by molar-refractivity contribution is 5.80. The summed E-state index contributed by atoms with van der Waals surface area (Å²) in [6.07, 6.45) is 0.634. The van der Waals surface area contributed by atoms with Crippen molar-refractivity contribution in [2.75, 3.05) is 6.54 Å². The monoisotopic (exact) mass is 305 g/mol. The zero-order chi connectivity index (χ0) is 16.3. The maximum Gasteiger partial charge on any atom is 0.411 e. The lowest BCUT2D eigenvalue weighted by molar-refractivity contribution is -0.144. The highest BCUT2D eigenvalue weighted by Gasteiger charge is 2.38. The van der Waals surface area contributed by atoms with Gasteiger partial charge in [0.15, 0.2) is 0 Å². The van der Waals surface area contributed by atoms with Gasteiger partial charge in [0.25, 0.3) is 0 Å². The SMILES string of the molecule is CC(C)(C)OC(=O)N1C[C@H](c2ccccc2)CC[C@H]1C(=O)O. The van der Waals surface area contributed by atoms with Crippen molar-refractivity contribution in [2.24, 2.45) is 0 Å².